The van der Waals surface area contributed by atoms with E-state index < -0.39 is 0 Å². The van der Waals surface area contributed by atoms with E-state index in [9.17, 15) is 4.79 Å². The predicted octanol–water partition coefficient (Wildman–Crippen LogP) is 1.58. The maximum Gasteiger partial charge on any atom is 0.267 e. The third-order valence-corrected chi connectivity index (χ3v) is 1.98. The van der Waals surface area contributed by atoms with Crippen LogP contribution in [0.25, 0.3) is 0 Å². The normalized spacial score (nSPS) is 9.75. The van der Waals surface area contributed by atoms with Gasteiger partial charge in [-0.25, -0.2) is 4.98 Å². The molecule has 0 aromatic carbocycles. The molecule has 1 aromatic rings. The Morgan fingerprint density at radius 2 is 2.50 bits per heavy atom. The summed E-state index contributed by atoms with van der Waals surface area (Å²) in [4.78, 5) is 15.2. The van der Waals surface area contributed by atoms with Crippen molar-refractivity contribution >= 4 is 15.9 Å². The van der Waals surface area contributed by atoms with E-state index in [1.54, 1.807) is 10.6 Å². The summed E-state index contributed by atoms with van der Waals surface area (Å²) >= 11 is 3.12. The molecular formula is C8H9BrN2O. The second-order valence-corrected chi connectivity index (χ2v) is 3.17. The van der Waals surface area contributed by atoms with Gasteiger partial charge in [0.05, 0.1) is 6.33 Å². The van der Waals surface area contributed by atoms with Gasteiger partial charge in [-0.2, -0.15) is 0 Å². The Morgan fingerprint density at radius 3 is 3.17 bits per heavy atom. The second kappa shape index (κ2) is 4.21. The highest BCUT2D eigenvalue weighted by atomic mass is 79.9. The Kier molecular flexibility index (Phi) is 3.22. The molecule has 3 nitrogen and oxygen atoms in total. The third-order valence-electron chi connectivity index (χ3n) is 1.43. The van der Waals surface area contributed by atoms with Gasteiger partial charge in [-0.05, 0) is 22.4 Å². The zero-order valence-corrected chi connectivity index (χ0v) is 8.12. The quantitative estimate of drug-likeness (QED) is 0.737. The number of aryl methyl sites for hydroxylation is 1. The van der Waals surface area contributed by atoms with Gasteiger partial charge >= 0.3 is 0 Å². The molecule has 64 valence electrons. The van der Waals surface area contributed by atoms with Crippen molar-refractivity contribution in [2.24, 2.45) is 0 Å². The molecule has 0 aliphatic heterocycles. The first-order valence-corrected chi connectivity index (χ1v) is 4.36. The molecule has 0 fully saturated rings. The van der Waals surface area contributed by atoms with Gasteiger partial charge in [-0.3, -0.25) is 9.36 Å². The van der Waals surface area contributed by atoms with Crippen LogP contribution in [0.2, 0.25) is 0 Å². The van der Waals surface area contributed by atoms with Gasteiger partial charge < -0.3 is 0 Å². The van der Waals surface area contributed by atoms with Crippen LogP contribution in [0.1, 0.15) is 6.42 Å². The average Bonchev–Trinajstić information content (AvgIpc) is 2.08. The largest absolute Gasteiger partial charge is 0.298 e. The SMILES string of the molecule is C=CCCn1cncc(Br)c1=O. The summed E-state index contributed by atoms with van der Waals surface area (Å²) in [7, 11) is 0. The molecule has 1 heterocycles. The van der Waals surface area contributed by atoms with E-state index in [4.69, 9.17) is 0 Å². The lowest BCUT2D eigenvalue weighted by Crippen LogP contribution is -2.20. The van der Waals surface area contributed by atoms with Gasteiger partial charge in [-0.1, -0.05) is 6.08 Å². The summed E-state index contributed by atoms with van der Waals surface area (Å²) in [5.74, 6) is 0. The van der Waals surface area contributed by atoms with Gasteiger partial charge in [0, 0.05) is 12.7 Å². The minimum Gasteiger partial charge on any atom is -0.298 e. The second-order valence-electron chi connectivity index (χ2n) is 2.32. The minimum absolute atomic E-state index is 0.0492. The van der Waals surface area contributed by atoms with Crippen LogP contribution < -0.4 is 5.56 Å². The molecule has 12 heavy (non-hydrogen) atoms. The van der Waals surface area contributed by atoms with Crippen molar-refractivity contribution in [1.82, 2.24) is 9.55 Å². The topological polar surface area (TPSA) is 34.9 Å². The van der Waals surface area contributed by atoms with Crippen molar-refractivity contribution in [2.45, 2.75) is 13.0 Å². The first-order chi connectivity index (χ1) is 5.75. The van der Waals surface area contributed by atoms with Crippen LogP contribution >= 0.6 is 15.9 Å². The molecule has 1 aromatic heterocycles. The average molecular weight is 229 g/mol. The van der Waals surface area contributed by atoms with E-state index in [1.165, 1.54) is 12.5 Å². The molecule has 0 bridgehead atoms. The number of allylic oxidation sites excluding steroid dienone is 1. The molecule has 0 aliphatic rings. The molecule has 1 rings (SSSR count). The Morgan fingerprint density at radius 1 is 1.75 bits per heavy atom. The van der Waals surface area contributed by atoms with Gasteiger partial charge in [0.15, 0.2) is 0 Å². The maximum atomic E-state index is 11.3. The molecule has 0 atom stereocenters. The summed E-state index contributed by atoms with van der Waals surface area (Å²) in [5, 5.41) is 0. The molecular weight excluding hydrogens is 220 g/mol. The number of rotatable bonds is 3. The van der Waals surface area contributed by atoms with Gasteiger partial charge in [-0.15, -0.1) is 6.58 Å². The number of aromatic nitrogens is 2. The van der Waals surface area contributed by atoms with Crippen LogP contribution in [0.3, 0.4) is 0 Å². The van der Waals surface area contributed by atoms with Crippen molar-refractivity contribution in [3.05, 3.63) is 40.0 Å². The maximum absolute atomic E-state index is 11.3. The van der Waals surface area contributed by atoms with Gasteiger partial charge in [0.1, 0.15) is 4.47 Å². The van der Waals surface area contributed by atoms with Crippen molar-refractivity contribution in [1.29, 1.82) is 0 Å². The lowest BCUT2D eigenvalue weighted by atomic mass is 10.4. The molecule has 0 saturated heterocycles. The Labute approximate surface area is 78.9 Å². The summed E-state index contributed by atoms with van der Waals surface area (Å²) in [5.41, 5.74) is -0.0492. The fourth-order valence-electron chi connectivity index (χ4n) is 0.814. The molecule has 0 saturated carbocycles. The summed E-state index contributed by atoms with van der Waals surface area (Å²) in [6.07, 6.45) is 5.56. The molecule has 0 radical (unpaired) electrons. The lowest BCUT2D eigenvalue weighted by molar-refractivity contribution is 0.662. The lowest BCUT2D eigenvalue weighted by Gasteiger charge is -2.01. The number of hydrogen-bond acceptors (Lipinski definition) is 2. The zero-order valence-electron chi connectivity index (χ0n) is 6.53. The van der Waals surface area contributed by atoms with Gasteiger partial charge in [0.2, 0.25) is 0 Å². The summed E-state index contributed by atoms with van der Waals surface area (Å²) in [6.45, 7) is 4.21. The minimum atomic E-state index is -0.0492. The van der Waals surface area contributed by atoms with Crippen LogP contribution in [0.4, 0.5) is 0 Å². The molecule has 0 aliphatic carbocycles. The van der Waals surface area contributed by atoms with Gasteiger partial charge in [0.25, 0.3) is 5.56 Å². The molecule has 0 amide bonds. The van der Waals surface area contributed by atoms with E-state index in [0.29, 0.717) is 11.0 Å². The van der Waals surface area contributed by atoms with Crippen LogP contribution in [-0.4, -0.2) is 9.55 Å². The Hall–Kier alpha value is -0.900. The van der Waals surface area contributed by atoms with E-state index in [2.05, 4.69) is 27.5 Å². The van der Waals surface area contributed by atoms with E-state index >= 15 is 0 Å². The monoisotopic (exact) mass is 228 g/mol. The highest BCUT2D eigenvalue weighted by Crippen LogP contribution is 1.98. The number of nitrogens with zero attached hydrogens (tertiary/aromatic N) is 2. The summed E-state index contributed by atoms with van der Waals surface area (Å²) in [6, 6.07) is 0. The third kappa shape index (κ3) is 2.04. The predicted molar refractivity (Wildman–Crippen MR) is 51.0 cm³/mol. The Bertz CT molecular complexity index is 332. The van der Waals surface area contributed by atoms with Crippen LogP contribution in [0.5, 0.6) is 0 Å². The first kappa shape index (κ1) is 9.19. The van der Waals surface area contributed by atoms with E-state index in [1.807, 2.05) is 0 Å². The highest BCUT2D eigenvalue weighted by molar-refractivity contribution is 9.10. The Balaban J connectivity index is 2.92. The first-order valence-electron chi connectivity index (χ1n) is 3.56. The van der Waals surface area contributed by atoms with Crippen LogP contribution in [0.15, 0.2) is 34.4 Å². The number of hydrogen-bond donors (Lipinski definition) is 0. The highest BCUT2D eigenvalue weighted by Gasteiger charge is 1.98. The zero-order chi connectivity index (χ0) is 8.97. The smallest absolute Gasteiger partial charge is 0.267 e. The fraction of sp³-hybridized carbons (Fsp3) is 0.250. The van der Waals surface area contributed by atoms with Crippen molar-refractivity contribution < 1.29 is 0 Å². The molecule has 4 heteroatoms. The van der Waals surface area contributed by atoms with Crippen molar-refractivity contribution in [3.8, 4) is 0 Å². The molecule has 0 N–H and O–H groups in total. The molecule has 0 spiro atoms. The van der Waals surface area contributed by atoms with E-state index in [0.717, 1.165) is 6.42 Å². The summed E-state index contributed by atoms with van der Waals surface area (Å²) < 4.78 is 2.04. The number of halogens is 1. The van der Waals surface area contributed by atoms with Crippen LogP contribution in [0, 0.1) is 0 Å². The van der Waals surface area contributed by atoms with Crippen molar-refractivity contribution in [3.63, 3.8) is 0 Å². The van der Waals surface area contributed by atoms with E-state index in [-0.39, 0.29) is 5.56 Å². The fourth-order valence-corrected chi connectivity index (χ4v) is 1.16. The molecule has 0 unspecified atom stereocenters. The standard InChI is InChI=1S/C8H9BrN2O/c1-2-3-4-11-6-10-5-7(9)8(11)12/h2,5-6H,1,3-4H2. The van der Waals surface area contributed by atoms with Crippen molar-refractivity contribution in [2.75, 3.05) is 0 Å². The van der Waals surface area contributed by atoms with Crippen LogP contribution in [-0.2, 0) is 6.54 Å².